The van der Waals surface area contributed by atoms with Crippen LogP contribution in [0, 0.1) is 0 Å². The molecular formula is C68H43NO2. The lowest BCUT2D eigenvalue weighted by Crippen LogP contribution is -2.32. The molecule has 2 spiro atoms. The highest BCUT2D eigenvalue weighted by Gasteiger charge is 2.53. The number of hydrogen-bond donors (Lipinski definition) is 0. The monoisotopic (exact) mass is 905 g/mol. The van der Waals surface area contributed by atoms with Gasteiger partial charge in [0.15, 0.2) is 0 Å². The van der Waals surface area contributed by atoms with E-state index in [0.717, 1.165) is 79.0 Å². The molecule has 3 heteroatoms. The maximum atomic E-state index is 6.74. The summed E-state index contributed by atoms with van der Waals surface area (Å²) in [7, 11) is 0. The molecule has 15 rings (SSSR count). The molecule has 3 nitrogen and oxygen atoms in total. The molecule has 0 atom stereocenters. The number of rotatable bonds is 5. The first-order chi connectivity index (χ1) is 35.2. The van der Waals surface area contributed by atoms with Crippen LogP contribution in [0.15, 0.2) is 261 Å². The van der Waals surface area contributed by atoms with Gasteiger partial charge >= 0.3 is 0 Å². The number of fused-ring (bicyclic) bond motifs is 18. The molecule has 11 aromatic rings. The SMILES string of the molecule is c1ccc(-c2ccccc2N(c2cccc(-c3cccc4c3-c3ccccc3C43c4ccccc4Oc4ccccc43)c2)c2ccc3c(c2)C2(c4ccccc4Oc4ccccc42)c2ccccc2-3)cc1. The van der Waals surface area contributed by atoms with Crippen molar-refractivity contribution in [1.82, 2.24) is 0 Å². The van der Waals surface area contributed by atoms with E-state index in [2.05, 4.69) is 266 Å². The van der Waals surface area contributed by atoms with E-state index < -0.39 is 10.8 Å². The van der Waals surface area contributed by atoms with Crippen molar-refractivity contribution in [2.45, 2.75) is 10.8 Å². The molecule has 0 amide bonds. The fourth-order valence-electron chi connectivity index (χ4n) is 12.9. The Hall–Kier alpha value is -9.18. The van der Waals surface area contributed by atoms with E-state index in [1.54, 1.807) is 0 Å². The molecule has 0 bridgehead atoms. The Bertz CT molecular complexity index is 3890. The van der Waals surface area contributed by atoms with E-state index in [9.17, 15) is 0 Å². The Morgan fingerprint density at radius 1 is 0.254 bits per heavy atom. The zero-order chi connectivity index (χ0) is 46.7. The number of nitrogens with zero attached hydrogens (tertiary/aromatic N) is 1. The predicted octanol–water partition coefficient (Wildman–Crippen LogP) is 17.4. The van der Waals surface area contributed by atoms with Crippen LogP contribution in [0.25, 0.3) is 44.5 Å². The lowest BCUT2D eigenvalue weighted by atomic mass is 9.66. The molecule has 11 aromatic carbocycles. The number of benzene rings is 11. The fraction of sp³-hybridized carbons (Fsp3) is 0.0294. The Morgan fingerprint density at radius 2 is 0.676 bits per heavy atom. The van der Waals surface area contributed by atoms with Crippen LogP contribution in [-0.4, -0.2) is 0 Å². The molecule has 332 valence electrons. The van der Waals surface area contributed by atoms with Crippen LogP contribution in [0.5, 0.6) is 23.0 Å². The number of ether oxygens (including phenoxy) is 2. The summed E-state index contributed by atoms with van der Waals surface area (Å²) < 4.78 is 13.4. The molecule has 0 saturated carbocycles. The molecule has 71 heavy (non-hydrogen) atoms. The summed E-state index contributed by atoms with van der Waals surface area (Å²) >= 11 is 0. The first-order valence-electron chi connectivity index (χ1n) is 24.5. The Kier molecular flexibility index (Phi) is 8.49. The van der Waals surface area contributed by atoms with E-state index in [1.165, 1.54) is 50.1 Å². The second-order valence-electron chi connectivity index (χ2n) is 19.0. The fourth-order valence-corrected chi connectivity index (χ4v) is 12.9. The van der Waals surface area contributed by atoms with Gasteiger partial charge < -0.3 is 14.4 Å². The van der Waals surface area contributed by atoms with Crippen molar-refractivity contribution in [3.05, 3.63) is 305 Å². The van der Waals surface area contributed by atoms with E-state index in [1.807, 2.05) is 0 Å². The van der Waals surface area contributed by atoms with Crippen molar-refractivity contribution in [3.8, 4) is 67.5 Å². The van der Waals surface area contributed by atoms with Gasteiger partial charge in [0.25, 0.3) is 0 Å². The molecule has 0 saturated heterocycles. The van der Waals surface area contributed by atoms with E-state index in [4.69, 9.17) is 9.47 Å². The summed E-state index contributed by atoms with van der Waals surface area (Å²) in [5.74, 6) is 3.54. The predicted molar refractivity (Wildman–Crippen MR) is 287 cm³/mol. The highest BCUT2D eigenvalue weighted by atomic mass is 16.5. The van der Waals surface area contributed by atoms with Gasteiger partial charge in [-0.15, -0.1) is 0 Å². The van der Waals surface area contributed by atoms with Crippen LogP contribution in [0.2, 0.25) is 0 Å². The van der Waals surface area contributed by atoms with Crippen LogP contribution in [0.1, 0.15) is 44.5 Å². The Balaban J connectivity index is 0.977. The molecule has 2 aliphatic heterocycles. The number of anilines is 3. The smallest absolute Gasteiger partial charge is 0.132 e. The number of para-hydroxylation sites is 5. The molecule has 0 unspecified atom stereocenters. The molecule has 2 aliphatic carbocycles. The standard InChI is InChI=1S/C68H43NO2/c1-2-20-44(21-3-1)48-24-6-13-35-61(48)69(47-40-41-51-50-25-4-7-28-53(50)68(60(51)43-47)57-32-11-16-38-64(57)71-65-39-17-12-33-58(65)68)46-23-18-22-45(42-46)49-27-19-34-59-66(49)52-26-5-8-29-54(52)67(59)55-30-9-14-36-62(55)70-63-37-15-10-31-56(63)67/h1-43H. The lowest BCUT2D eigenvalue weighted by Gasteiger charge is -2.39. The normalized spacial score (nSPS) is 14.1. The van der Waals surface area contributed by atoms with Crippen molar-refractivity contribution >= 4 is 17.1 Å². The third-order valence-corrected chi connectivity index (χ3v) is 15.6. The largest absolute Gasteiger partial charge is 0.457 e. The number of hydrogen-bond acceptors (Lipinski definition) is 3. The highest BCUT2D eigenvalue weighted by molar-refractivity contribution is 5.99. The molecule has 0 N–H and O–H groups in total. The van der Waals surface area contributed by atoms with Crippen molar-refractivity contribution in [2.75, 3.05) is 4.90 Å². The van der Waals surface area contributed by atoms with E-state index in [0.29, 0.717) is 0 Å². The lowest BCUT2D eigenvalue weighted by molar-refractivity contribution is 0.436. The summed E-state index contributed by atoms with van der Waals surface area (Å²) in [5, 5.41) is 0. The minimum absolute atomic E-state index is 0.564. The third-order valence-electron chi connectivity index (χ3n) is 15.6. The van der Waals surface area contributed by atoms with Gasteiger partial charge in [0.2, 0.25) is 0 Å². The molecule has 0 fully saturated rings. The van der Waals surface area contributed by atoms with Crippen LogP contribution in [0.3, 0.4) is 0 Å². The van der Waals surface area contributed by atoms with Crippen LogP contribution in [-0.2, 0) is 10.8 Å². The van der Waals surface area contributed by atoms with Crippen molar-refractivity contribution in [1.29, 1.82) is 0 Å². The highest BCUT2D eigenvalue weighted by Crippen LogP contribution is 2.65. The molecule has 0 radical (unpaired) electrons. The summed E-state index contributed by atoms with van der Waals surface area (Å²) in [6.45, 7) is 0. The van der Waals surface area contributed by atoms with Gasteiger partial charge in [0.05, 0.1) is 16.5 Å². The van der Waals surface area contributed by atoms with E-state index >= 15 is 0 Å². The van der Waals surface area contributed by atoms with Crippen molar-refractivity contribution < 1.29 is 9.47 Å². The van der Waals surface area contributed by atoms with Gasteiger partial charge in [0, 0.05) is 39.2 Å². The third kappa shape index (κ3) is 5.43. The minimum atomic E-state index is -0.616. The Morgan fingerprint density at radius 3 is 1.31 bits per heavy atom. The zero-order valence-electron chi connectivity index (χ0n) is 38.6. The average Bonchev–Trinajstić information content (AvgIpc) is 3.91. The van der Waals surface area contributed by atoms with Gasteiger partial charge in [0.1, 0.15) is 23.0 Å². The van der Waals surface area contributed by atoms with Crippen molar-refractivity contribution in [2.24, 2.45) is 0 Å². The van der Waals surface area contributed by atoms with Gasteiger partial charge in [-0.25, -0.2) is 0 Å². The van der Waals surface area contributed by atoms with Crippen LogP contribution >= 0.6 is 0 Å². The maximum absolute atomic E-state index is 6.74. The molecule has 4 aliphatic rings. The molecule has 2 heterocycles. The first kappa shape index (κ1) is 39.8. The summed E-state index contributed by atoms with van der Waals surface area (Å²) in [6.07, 6.45) is 0. The van der Waals surface area contributed by atoms with Gasteiger partial charge in [-0.2, -0.15) is 0 Å². The minimum Gasteiger partial charge on any atom is -0.457 e. The zero-order valence-corrected chi connectivity index (χ0v) is 38.6. The second kappa shape index (κ2) is 15.2. The van der Waals surface area contributed by atoms with Crippen LogP contribution < -0.4 is 14.4 Å². The summed E-state index contributed by atoms with van der Waals surface area (Å²) in [5.41, 5.74) is 21.2. The molecular weight excluding hydrogens is 863 g/mol. The summed E-state index contributed by atoms with van der Waals surface area (Å²) in [6, 6.07) is 95.2. The average molecular weight is 906 g/mol. The topological polar surface area (TPSA) is 21.7 Å². The molecule has 0 aromatic heterocycles. The van der Waals surface area contributed by atoms with Gasteiger partial charge in [-0.3, -0.25) is 0 Å². The van der Waals surface area contributed by atoms with Crippen LogP contribution in [0.4, 0.5) is 17.1 Å². The van der Waals surface area contributed by atoms with Crippen molar-refractivity contribution in [3.63, 3.8) is 0 Å². The maximum Gasteiger partial charge on any atom is 0.132 e. The first-order valence-corrected chi connectivity index (χ1v) is 24.5. The summed E-state index contributed by atoms with van der Waals surface area (Å²) in [4.78, 5) is 2.48. The Labute approximate surface area is 413 Å². The van der Waals surface area contributed by atoms with E-state index in [-0.39, 0.29) is 0 Å². The van der Waals surface area contributed by atoms with Gasteiger partial charge in [-0.1, -0.05) is 206 Å². The second-order valence-corrected chi connectivity index (χ2v) is 19.0. The van der Waals surface area contributed by atoms with Gasteiger partial charge in [-0.05, 0) is 116 Å². The quantitative estimate of drug-likeness (QED) is 0.172.